The number of piperazine rings is 1. The average Bonchev–Trinajstić information content (AvgIpc) is 2.40. The summed E-state index contributed by atoms with van der Waals surface area (Å²) in [6.07, 6.45) is 2.39. The van der Waals surface area contributed by atoms with E-state index in [9.17, 15) is 0 Å². The molecule has 1 aliphatic heterocycles. The first-order valence-corrected chi connectivity index (χ1v) is 6.81. The third-order valence-corrected chi connectivity index (χ3v) is 3.78. The number of nitrogens with one attached hydrogen (secondary N) is 1. The van der Waals surface area contributed by atoms with Gasteiger partial charge in [0.05, 0.1) is 0 Å². The highest BCUT2D eigenvalue weighted by Gasteiger charge is 2.21. The van der Waals surface area contributed by atoms with Gasteiger partial charge in [-0.2, -0.15) is 0 Å². The van der Waals surface area contributed by atoms with Crippen LogP contribution >= 0.6 is 0 Å². The molecular weight excluding hydrogens is 208 g/mol. The molecule has 1 N–H and O–H groups in total. The van der Waals surface area contributed by atoms with E-state index in [2.05, 4.69) is 54.4 Å². The summed E-state index contributed by atoms with van der Waals surface area (Å²) in [5.74, 6) is 0. The highest BCUT2D eigenvalue weighted by atomic mass is 15.2. The summed E-state index contributed by atoms with van der Waals surface area (Å²) in [6.45, 7) is 8.14. The summed E-state index contributed by atoms with van der Waals surface area (Å²) in [5.41, 5.74) is 1.45. The van der Waals surface area contributed by atoms with Crippen molar-refractivity contribution < 1.29 is 0 Å². The van der Waals surface area contributed by atoms with Gasteiger partial charge in [0.2, 0.25) is 0 Å². The minimum absolute atomic E-state index is 0.647. The third-order valence-electron chi connectivity index (χ3n) is 3.78. The van der Waals surface area contributed by atoms with E-state index in [0.717, 1.165) is 13.0 Å². The van der Waals surface area contributed by atoms with Gasteiger partial charge in [0, 0.05) is 31.7 Å². The molecule has 1 fully saturated rings. The molecule has 0 spiro atoms. The molecule has 1 heterocycles. The van der Waals surface area contributed by atoms with Gasteiger partial charge in [-0.05, 0) is 25.3 Å². The summed E-state index contributed by atoms with van der Waals surface area (Å²) >= 11 is 0. The molecule has 1 saturated heterocycles. The van der Waals surface area contributed by atoms with Gasteiger partial charge < -0.3 is 5.32 Å². The molecule has 1 aliphatic rings. The standard InChI is InChI=1S/C15H24N2/c1-3-15-12-17(10-9-16-15)13(2)11-14-7-5-4-6-8-14/h4-8,13,15-16H,3,9-12H2,1-2H3. The largest absolute Gasteiger partial charge is 0.311 e. The molecular formula is C15H24N2. The lowest BCUT2D eigenvalue weighted by molar-refractivity contribution is 0.150. The minimum Gasteiger partial charge on any atom is -0.311 e. The van der Waals surface area contributed by atoms with Crippen molar-refractivity contribution in [2.24, 2.45) is 0 Å². The van der Waals surface area contributed by atoms with Crippen LogP contribution in [0.2, 0.25) is 0 Å². The Kier molecular flexibility index (Phi) is 4.57. The van der Waals surface area contributed by atoms with E-state index >= 15 is 0 Å². The minimum atomic E-state index is 0.647. The molecule has 1 aromatic rings. The zero-order valence-electron chi connectivity index (χ0n) is 11.0. The van der Waals surface area contributed by atoms with Crippen LogP contribution in [-0.2, 0) is 6.42 Å². The molecule has 1 aromatic carbocycles. The average molecular weight is 232 g/mol. The maximum absolute atomic E-state index is 3.58. The van der Waals surface area contributed by atoms with Crippen LogP contribution in [0.1, 0.15) is 25.8 Å². The smallest absolute Gasteiger partial charge is 0.0193 e. The first kappa shape index (κ1) is 12.6. The monoisotopic (exact) mass is 232 g/mol. The van der Waals surface area contributed by atoms with Gasteiger partial charge in [0.15, 0.2) is 0 Å². The van der Waals surface area contributed by atoms with Crippen molar-refractivity contribution in [1.82, 2.24) is 10.2 Å². The van der Waals surface area contributed by atoms with Gasteiger partial charge in [-0.1, -0.05) is 37.3 Å². The fourth-order valence-electron chi connectivity index (χ4n) is 2.61. The van der Waals surface area contributed by atoms with Gasteiger partial charge >= 0.3 is 0 Å². The zero-order valence-corrected chi connectivity index (χ0v) is 11.0. The Bertz CT molecular complexity index is 323. The quantitative estimate of drug-likeness (QED) is 0.857. The molecule has 0 radical (unpaired) electrons. The Morgan fingerprint density at radius 1 is 1.35 bits per heavy atom. The molecule has 94 valence electrons. The second kappa shape index (κ2) is 6.18. The molecule has 2 atom stereocenters. The molecule has 2 nitrogen and oxygen atoms in total. The van der Waals surface area contributed by atoms with E-state index in [1.54, 1.807) is 0 Å². The first-order chi connectivity index (χ1) is 8.29. The van der Waals surface area contributed by atoms with Gasteiger partial charge in [-0.25, -0.2) is 0 Å². The number of hydrogen-bond donors (Lipinski definition) is 1. The molecule has 0 amide bonds. The van der Waals surface area contributed by atoms with Crippen LogP contribution in [0.15, 0.2) is 30.3 Å². The molecule has 0 bridgehead atoms. The van der Waals surface area contributed by atoms with Crippen molar-refractivity contribution in [3.63, 3.8) is 0 Å². The second-order valence-electron chi connectivity index (χ2n) is 5.09. The van der Waals surface area contributed by atoms with Crippen LogP contribution in [0.3, 0.4) is 0 Å². The molecule has 2 rings (SSSR count). The summed E-state index contributed by atoms with van der Waals surface area (Å²) in [4.78, 5) is 2.62. The summed E-state index contributed by atoms with van der Waals surface area (Å²) in [7, 11) is 0. The summed E-state index contributed by atoms with van der Waals surface area (Å²) in [6, 6.07) is 12.2. The predicted octanol–water partition coefficient (Wildman–Crippen LogP) is 2.30. The van der Waals surface area contributed by atoms with Crippen LogP contribution in [0.25, 0.3) is 0 Å². The third kappa shape index (κ3) is 3.55. The Morgan fingerprint density at radius 2 is 2.12 bits per heavy atom. The van der Waals surface area contributed by atoms with Crippen molar-refractivity contribution in [3.8, 4) is 0 Å². The van der Waals surface area contributed by atoms with Crippen molar-refractivity contribution in [2.75, 3.05) is 19.6 Å². The van der Waals surface area contributed by atoms with E-state index in [4.69, 9.17) is 0 Å². The zero-order chi connectivity index (χ0) is 12.1. The topological polar surface area (TPSA) is 15.3 Å². The highest BCUT2D eigenvalue weighted by Crippen LogP contribution is 2.12. The van der Waals surface area contributed by atoms with Crippen LogP contribution in [0, 0.1) is 0 Å². The Labute approximate surface area is 105 Å². The maximum atomic E-state index is 3.58. The molecule has 0 aromatic heterocycles. The predicted molar refractivity (Wildman–Crippen MR) is 73.3 cm³/mol. The Balaban J connectivity index is 1.89. The SMILES string of the molecule is CCC1CN(C(C)Cc2ccccc2)CCN1. The second-order valence-corrected chi connectivity index (χ2v) is 5.09. The van der Waals surface area contributed by atoms with E-state index in [1.165, 1.54) is 25.1 Å². The molecule has 2 unspecified atom stereocenters. The van der Waals surface area contributed by atoms with Gasteiger partial charge in [0.25, 0.3) is 0 Å². The van der Waals surface area contributed by atoms with Crippen molar-refractivity contribution >= 4 is 0 Å². The lowest BCUT2D eigenvalue weighted by Crippen LogP contribution is -2.53. The normalized spacial score (nSPS) is 23.5. The Morgan fingerprint density at radius 3 is 2.82 bits per heavy atom. The molecule has 2 heteroatoms. The van der Waals surface area contributed by atoms with E-state index in [1.807, 2.05) is 0 Å². The fourth-order valence-corrected chi connectivity index (χ4v) is 2.61. The molecule has 0 aliphatic carbocycles. The number of rotatable bonds is 4. The van der Waals surface area contributed by atoms with E-state index < -0.39 is 0 Å². The summed E-state index contributed by atoms with van der Waals surface area (Å²) < 4.78 is 0. The lowest BCUT2D eigenvalue weighted by Gasteiger charge is -2.37. The van der Waals surface area contributed by atoms with Crippen LogP contribution in [-0.4, -0.2) is 36.6 Å². The maximum Gasteiger partial charge on any atom is 0.0193 e. The van der Waals surface area contributed by atoms with Crippen LogP contribution < -0.4 is 5.32 Å². The van der Waals surface area contributed by atoms with Gasteiger partial charge in [0.1, 0.15) is 0 Å². The van der Waals surface area contributed by atoms with E-state index in [0.29, 0.717) is 12.1 Å². The Hall–Kier alpha value is -0.860. The van der Waals surface area contributed by atoms with Crippen molar-refractivity contribution in [3.05, 3.63) is 35.9 Å². The fraction of sp³-hybridized carbons (Fsp3) is 0.600. The van der Waals surface area contributed by atoms with Gasteiger partial charge in [-0.15, -0.1) is 0 Å². The molecule has 0 saturated carbocycles. The van der Waals surface area contributed by atoms with Crippen molar-refractivity contribution in [2.45, 2.75) is 38.8 Å². The van der Waals surface area contributed by atoms with Crippen LogP contribution in [0.5, 0.6) is 0 Å². The first-order valence-electron chi connectivity index (χ1n) is 6.81. The highest BCUT2D eigenvalue weighted by molar-refractivity contribution is 5.15. The van der Waals surface area contributed by atoms with Gasteiger partial charge in [-0.3, -0.25) is 4.90 Å². The lowest BCUT2D eigenvalue weighted by atomic mass is 10.0. The number of benzene rings is 1. The molecule has 17 heavy (non-hydrogen) atoms. The summed E-state index contributed by atoms with van der Waals surface area (Å²) in [5, 5.41) is 3.58. The number of hydrogen-bond acceptors (Lipinski definition) is 2. The number of nitrogens with zero attached hydrogens (tertiary/aromatic N) is 1. The van der Waals surface area contributed by atoms with Crippen LogP contribution in [0.4, 0.5) is 0 Å². The van der Waals surface area contributed by atoms with Crippen molar-refractivity contribution in [1.29, 1.82) is 0 Å². The van der Waals surface area contributed by atoms with E-state index in [-0.39, 0.29) is 0 Å².